The number of hydrogen-bond acceptors (Lipinski definition) is 4. The summed E-state index contributed by atoms with van der Waals surface area (Å²) in [5.74, 6) is -0.0136. The Morgan fingerprint density at radius 2 is 2.09 bits per heavy atom. The van der Waals surface area contributed by atoms with Crippen molar-refractivity contribution in [3.05, 3.63) is 77.3 Å². The molecule has 0 fully saturated rings. The van der Waals surface area contributed by atoms with Crippen molar-refractivity contribution in [2.45, 2.75) is 39.3 Å². The molecule has 162 valence electrons. The second-order valence-electron chi connectivity index (χ2n) is 8.59. The van der Waals surface area contributed by atoms with E-state index in [1.54, 1.807) is 11.2 Å². The van der Waals surface area contributed by atoms with E-state index in [1.165, 1.54) is 11.1 Å². The van der Waals surface area contributed by atoms with E-state index in [0.717, 1.165) is 40.5 Å². The minimum atomic E-state index is -0.103. The number of aryl methyl sites for hydroxylation is 1. The van der Waals surface area contributed by atoms with E-state index in [2.05, 4.69) is 56.5 Å². The second-order valence-corrected chi connectivity index (χ2v) is 9.26. The van der Waals surface area contributed by atoms with Crippen LogP contribution in [-0.2, 0) is 11.3 Å². The summed E-state index contributed by atoms with van der Waals surface area (Å²) >= 11 is 0. The molecule has 0 radical (unpaired) electrons. The summed E-state index contributed by atoms with van der Waals surface area (Å²) in [6.45, 7) is 4.84. The summed E-state index contributed by atoms with van der Waals surface area (Å²) in [6.07, 6.45) is 9.00. The largest absolute Gasteiger partial charge is 0.272 e. The van der Waals surface area contributed by atoms with Gasteiger partial charge in [-0.25, -0.2) is 5.01 Å². The van der Waals surface area contributed by atoms with E-state index in [-0.39, 0.29) is 17.9 Å². The fraction of sp³-hybridized carbons (Fsp3) is 0.280. The standard InChI is InChI=1S/C25H26N5OP/c1-16-9-18(11-21(32)10-16)24-6-8-27-30(24)25(31)22-12-19(17(22)2)14-29-15-20(13-28-29)23-5-3-4-7-26-23/h3-5,7-11,13,15,22,24H,6,12,14,32H2,1-2H3. The quantitative estimate of drug-likeness (QED) is 0.442. The first-order valence-corrected chi connectivity index (χ1v) is 11.4. The number of allylic oxidation sites excluding steroid dienone is 1. The number of rotatable bonds is 5. The molecule has 1 aliphatic carbocycles. The minimum Gasteiger partial charge on any atom is -0.272 e. The lowest BCUT2D eigenvalue weighted by atomic mass is 9.77. The fourth-order valence-electron chi connectivity index (χ4n) is 4.55. The van der Waals surface area contributed by atoms with Gasteiger partial charge in [-0.2, -0.15) is 10.2 Å². The van der Waals surface area contributed by atoms with Gasteiger partial charge in [0.05, 0.1) is 30.4 Å². The minimum absolute atomic E-state index is 0.0226. The monoisotopic (exact) mass is 443 g/mol. The predicted octanol–water partition coefficient (Wildman–Crippen LogP) is 4.05. The number of nitrogens with zero attached hydrogens (tertiary/aromatic N) is 5. The van der Waals surface area contributed by atoms with E-state index in [9.17, 15) is 4.79 Å². The van der Waals surface area contributed by atoms with Gasteiger partial charge in [-0.05, 0) is 54.9 Å². The van der Waals surface area contributed by atoms with E-state index < -0.39 is 0 Å². The lowest BCUT2D eigenvalue weighted by Gasteiger charge is -2.34. The van der Waals surface area contributed by atoms with Gasteiger partial charge >= 0.3 is 0 Å². The smallest absolute Gasteiger partial charge is 0.250 e. The first-order valence-electron chi connectivity index (χ1n) is 10.8. The Balaban J connectivity index is 1.29. The van der Waals surface area contributed by atoms with Crippen molar-refractivity contribution in [2.24, 2.45) is 11.0 Å². The fourth-order valence-corrected chi connectivity index (χ4v) is 5.00. The third-order valence-corrected chi connectivity index (χ3v) is 6.67. The maximum Gasteiger partial charge on any atom is 0.250 e. The zero-order chi connectivity index (χ0) is 22.2. The SMILES string of the molecule is CC1=C(Cn2cc(-c3ccccn3)cn2)CC1C(=O)N1N=CCC1c1cc(C)cc(P)c1. The highest BCUT2D eigenvalue weighted by Crippen LogP contribution is 2.40. The number of hydrazone groups is 1. The van der Waals surface area contributed by atoms with Crippen LogP contribution in [0.2, 0.25) is 0 Å². The summed E-state index contributed by atoms with van der Waals surface area (Å²) in [6, 6.07) is 12.2. The summed E-state index contributed by atoms with van der Waals surface area (Å²) in [7, 11) is 2.75. The molecular weight excluding hydrogens is 417 g/mol. The molecule has 0 saturated carbocycles. The van der Waals surface area contributed by atoms with Crippen LogP contribution in [0.1, 0.15) is 36.9 Å². The molecule has 2 aliphatic rings. The molecule has 3 atom stereocenters. The van der Waals surface area contributed by atoms with Gasteiger partial charge in [0.1, 0.15) is 0 Å². The summed E-state index contributed by atoms with van der Waals surface area (Å²) in [5, 5.41) is 11.7. The van der Waals surface area contributed by atoms with Gasteiger partial charge in [0, 0.05) is 30.6 Å². The van der Waals surface area contributed by atoms with Crippen LogP contribution in [0.4, 0.5) is 0 Å². The van der Waals surface area contributed by atoms with Crippen molar-refractivity contribution in [3.63, 3.8) is 0 Å². The highest BCUT2D eigenvalue weighted by molar-refractivity contribution is 7.27. The third-order valence-electron chi connectivity index (χ3n) is 6.34. The van der Waals surface area contributed by atoms with Gasteiger partial charge in [-0.15, -0.1) is 9.24 Å². The Morgan fingerprint density at radius 1 is 1.22 bits per heavy atom. The average molecular weight is 443 g/mol. The molecule has 6 nitrogen and oxygen atoms in total. The van der Waals surface area contributed by atoms with Crippen LogP contribution in [0, 0.1) is 12.8 Å². The van der Waals surface area contributed by atoms with Crippen LogP contribution in [0.5, 0.6) is 0 Å². The zero-order valence-corrected chi connectivity index (χ0v) is 19.4. The van der Waals surface area contributed by atoms with Crippen LogP contribution in [0.25, 0.3) is 11.3 Å². The van der Waals surface area contributed by atoms with E-state index in [1.807, 2.05) is 41.5 Å². The normalized spacial score (nSPS) is 20.0. The van der Waals surface area contributed by atoms with Crippen LogP contribution in [0.15, 0.2) is 71.2 Å². The lowest BCUT2D eigenvalue weighted by molar-refractivity contribution is -0.136. The van der Waals surface area contributed by atoms with Crippen LogP contribution >= 0.6 is 9.24 Å². The molecule has 0 spiro atoms. The van der Waals surface area contributed by atoms with Gasteiger partial charge in [-0.1, -0.05) is 29.3 Å². The predicted molar refractivity (Wildman–Crippen MR) is 129 cm³/mol. The van der Waals surface area contributed by atoms with Crippen molar-refractivity contribution in [2.75, 3.05) is 0 Å². The molecule has 3 aromatic rings. The van der Waals surface area contributed by atoms with Crippen LogP contribution in [-0.4, -0.2) is 31.9 Å². The first-order chi connectivity index (χ1) is 15.5. The Hall–Kier alpha value is -3.11. The van der Waals surface area contributed by atoms with Crippen molar-refractivity contribution in [1.82, 2.24) is 19.8 Å². The molecule has 5 rings (SSSR count). The molecule has 3 unspecified atom stereocenters. The van der Waals surface area contributed by atoms with Crippen molar-refractivity contribution < 1.29 is 4.79 Å². The number of benzene rings is 1. The molecular formula is C25H26N5OP. The number of amides is 1. The van der Waals surface area contributed by atoms with E-state index in [0.29, 0.717) is 6.54 Å². The number of aromatic nitrogens is 3. The number of pyridine rings is 1. The Morgan fingerprint density at radius 3 is 2.84 bits per heavy atom. The van der Waals surface area contributed by atoms with Crippen LogP contribution < -0.4 is 5.30 Å². The molecule has 1 aliphatic heterocycles. The number of carbonyl (C=O) groups excluding carboxylic acids is 1. The zero-order valence-electron chi connectivity index (χ0n) is 18.3. The molecule has 3 heterocycles. The summed E-state index contributed by atoms with van der Waals surface area (Å²) < 4.78 is 1.92. The van der Waals surface area contributed by atoms with E-state index >= 15 is 0 Å². The maximum atomic E-state index is 13.3. The molecule has 0 bridgehead atoms. The lowest BCUT2D eigenvalue weighted by Crippen LogP contribution is -2.38. The van der Waals surface area contributed by atoms with Gasteiger partial charge in [-0.3, -0.25) is 14.5 Å². The Kier molecular flexibility index (Phi) is 5.48. The highest BCUT2D eigenvalue weighted by atomic mass is 31.0. The van der Waals surface area contributed by atoms with Gasteiger partial charge in [0.2, 0.25) is 0 Å². The average Bonchev–Trinajstić information content (AvgIpc) is 3.45. The first kappa shape index (κ1) is 20.8. The van der Waals surface area contributed by atoms with Gasteiger partial charge < -0.3 is 0 Å². The Bertz CT molecular complexity index is 1210. The number of hydrogen-bond donors (Lipinski definition) is 0. The summed E-state index contributed by atoms with van der Waals surface area (Å²) in [4.78, 5) is 17.7. The summed E-state index contributed by atoms with van der Waals surface area (Å²) in [5.41, 5.74) is 6.65. The molecule has 0 N–H and O–H groups in total. The third kappa shape index (κ3) is 3.91. The van der Waals surface area contributed by atoms with Crippen molar-refractivity contribution >= 4 is 26.7 Å². The van der Waals surface area contributed by atoms with Gasteiger partial charge in [0.25, 0.3) is 5.91 Å². The maximum absolute atomic E-state index is 13.3. The number of carbonyl (C=O) groups is 1. The highest BCUT2D eigenvalue weighted by Gasteiger charge is 2.39. The van der Waals surface area contributed by atoms with Gasteiger partial charge in [0.15, 0.2) is 0 Å². The molecule has 0 saturated heterocycles. The topological polar surface area (TPSA) is 63.4 Å². The van der Waals surface area contributed by atoms with Crippen molar-refractivity contribution in [3.8, 4) is 11.3 Å². The molecule has 7 heteroatoms. The Labute approximate surface area is 190 Å². The van der Waals surface area contributed by atoms with Crippen LogP contribution in [0.3, 0.4) is 0 Å². The second kappa shape index (κ2) is 8.44. The molecule has 1 aromatic carbocycles. The molecule has 2 aromatic heterocycles. The van der Waals surface area contributed by atoms with E-state index in [4.69, 9.17) is 0 Å². The van der Waals surface area contributed by atoms with Crippen molar-refractivity contribution in [1.29, 1.82) is 0 Å². The molecule has 32 heavy (non-hydrogen) atoms. The molecule has 1 amide bonds.